The minimum Gasteiger partial charge on any atom is -0.324 e. The van der Waals surface area contributed by atoms with Gasteiger partial charge in [0.1, 0.15) is 0 Å². The van der Waals surface area contributed by atoms with Gasteiger partial charge >= 0.3 is 0 Å². The molecule has 0 spiro atoms. The number of pyridine rings is 1. The van der Waals surface area contributed by atoms with Gasteiger partial charge in [0, 0.05) is 18.1 Å². The van der Waals surface area contributed by atoms with Crippen molar-refractivity contribution in [3.63, 3.8) is 0 Å². The third-order valence-corrected chi connectivity index (χ3v) is 4.31. The third-order valence-electron chi connectivity index (χ3n) is 4.31. The van der Waals surface area contributed by atoms with Gasteiger partial charge in [-0.2, -0.15) is 0 Å². The lowest BCUT2D eigenvalue weighted by Crippen LogP contribution is -2.39. The van der Waals surface area contributed by atoms with Crippen LogP contribution in [0, 0.1) is 18.8 Å². The number of nitrogens with one attached hydrogen (secondary N) is 2. The maximum Gasteiger partial charge on any atom is 0.241 e. The van der Waals surface area contributed by atoms with E-state index in [0.717, 1.165) is 17.8 Å². The average molecular weight is 245 g/mol. The molecule has 2 aliphatic rings. The zero-order valence-corrected chi connectivity index (χ0v) is 10.6. The summed E-state index contributed by atoms with van der Waals surface area (Å²) in [5.41, 5.74) is 1.88. The molecule has 3 rings (SSSR count). The van der Waals surface area contributed by atoms with Crippen molar-refractivity contribution < 1.29 is 4.79 Å². The van der Waals surface area contributed by atoms with Crippen molar-refractivity contribution in [2.24, 2.45) is 11.8 Å². The molecule has 1 saturated carbocycles. The highest BCUT2D eigenvalue weighted by Crippen LogP contribution is 2.38. The Kier molecular flexibility index (Phi) is 3.04. The highest BCUT2D eigenvalue weighted by Gasteiger charge is 2.42. The molecule has 1 aromatic heterocycles. The van der Waals surface area contributed by atoms with E-state index in [9.17, 15) is 4.79 Å². The molecule has 2 heterocycles. The SMILES string of the molecule is Cc1cnccc1NC(=O)C1NCC2CCCC21. The fourth-order valence-electron chi connectivity index (χ4n) is 3.30. The maximum atomic E-state index is 12.3. The van der Waals surface area contributed by atoms with Crippen molar-refractivity contribution in [3.05, 3.63) is 24.0 Å². The third kappa shape index (κ3) is 2.01. The van der Waals surface area contributed by atoms with E-state index in [1.54, 1.807) is 12.4 Å². The number of hydrogen-bond acceptors (Lipinski definition) is 3. The Morgan fingerprint density at radius 1 is 1.50 bits per heavy atom. The Morgan fingerprint density at radius 2 is 2.39 bits per heavy atom. The molecule has 0 aromatic carbocycles. The lowest BCUT2D eigenvalue weighted by Gasteiger charge is -2.18. The van der Waals surface area contributed by atoms with E-state index < -0.39 is 0 Å². The van der Waals surface area contributed by atoms with Gasteiger partial charge in [-0.25, -0.2) is 0 Å². The van der Waals surface area contributed by atoms with Gasteiger partial charge in [-0.15, -0.1) is 0 Å². The summed E-state index contributed by atoms with van der Waals surface area (Å²) in [5, 5.41) is 6.39. The molecule has 2 N–H and O–H groups in total. The summed E-state index contributed by atoms with van der Waals surface area (Å²) in [5.74, 6) is 1.35. The van der Waals surface area contributed by atoms with Gasteiger partial charge in [-0.05, 0) is 49.8 Å². The fraction of sp³-hybridized carbons (Fsp3) is 0.571. The Labute approximate surface area is 107 Å². The molecule has 1 amide bonds. The summed E-state index contributed by atoms with van der Waals surface area (Å²) in [7, 11) is 0. The first-order valence-corrected chi connectivity index (χ1v) is 6.70. The molecule has 18 heavy (non-hydrogen) atoms. The minimum absolute atomic E-state index is 0.00920. The van der Waals surface area contributed by atoms with Crippen LogP contribution < -0.4 is 10.6 Å². The van der Waals surface area contributed by atoms with Crippen molar-refractivity contribution in [2.45, 2.75) is 32.2 Å². The maximum absolute atomic E-state index is 12.3. The second kappa shape index (κ2) is 4.69. The van der Waals surface area contributed by atoms with Crippen molar-refractivity contribution in [1.82, 2.24) is 10.3 Å². The first-order chi connectivity index (χ1) is 8.75. The Bertz CT molecular complexity index is 460. The van der Waals surface area contributed by atoms with Crippen LogP contribution in [0.1, 0.15) is 24.8 Å². The van der Waals surface area contributed by atoms with E-state index in [1.165, 1.54) is 19.3 Å². The molecular formula is C14H19N3O. The molecule has 3 unspecified atom stereocenters. The van der Waals surface area contributed by atoms with Crippen molar-refractivity contribution in [2.75, 3.05) is 11.9 Å². The van der Waals surface area contributed by atoms with Gasteiger partial charge in [-0.1, -0.05) is 6.42 Å². The quantitative estimate of drug-likeness (QED) is 0.834. The summed E-state index contributed by atoms with van der Waals surface area (Å²) in [6.07, 6.45) is 7.22. The van der Waals surface area contributed by atoms with Crippen LogP contribution in [0.5, 0.6) is 0 Å². The normalized spacial score (nSPS) is 30.2. The van der Waals surface area contributed by atoms with Crippen LogP contribution in [0.25, 0.3) is 0 Å². The van der Waals surface area contributed by atoms with Gasteiger partial charge in [0.25, 0.3) is 0 Å². The van der Waals surface area contributed by atoms with Gasteiger partial charge in [0.05, 0.1) is 6.04 Å². The first kappa shape index (κ1) is 11.7. The van der Waals surface area contributed by atoms with E-state index in [0.29, 0.717) is 11.8 Å². The summed E-state index contributed by atoms with van der Waals surface area (Å²) in [4.78, 5) is 16.4. The second-order valence-electron chi connectivity index (χ2n) is 5.42. The van der Waals surface area contributed by atoms with Crippen LogP contribution in [0.15, 0.2) is 18.5 Å². The smallest absolute Gasteiger partial charge is 0.241 e. The number of nitrogens with zero attached hydrogens (tertiary/aromatic N) is 1. The Hall–Kier alpha value is -1.42. The summed E-state index contributed by atoms with van der Waals surface area (Å²) in [6, 6.07) is 1.85. The van der Waals surface area contributed by atoms with E-state index >= 15 is 0 Å². The summed E-state index contributed by atoms with van der Waals surface area (Å²) >= 11 is 0. The van der Waals surface area contributed by atoms with E-state index in [-0.39, 0.29) is 11.9 Å². The van der Waals surface area contributed by atoms with Gasteiger partial charge in [0.15, 0.2) is 0 Å². The molecule has 0 bridgehead atoms. The number of amides is 1. The molecular weight excluding hydrogens is 226 g/mol. The topological polar surface area (TPSA) is 54.0 Å². The van der Waals surface area contributed by atoms with Crippen LogP contribution >= 0.6 is 0 Å². The van der Waals surface area contributed by atoms with E-state index in [1.807, 2.05) is 13.0 Å². The zero-order valence-electron chi connectivity index (χ0n) is 10.6. The van der Waals surface area contributed by atoms with Crippen LogP contribution in [-0.4, -0.2) is 23.5 Å². The zero-order chi connectivity index (χ0) is 12.5. The van der Waals surface area contributed by atoms with Gasteiger partial charge < -0.3 is 10.6 Å². The highest BCUT2D eigenvalue weighted by molar-refractivity contribution is 5.95. The van der Waals surface area contributed by atoms with E-state index in [4.69, 9.17) is 0 Å². The van der Waals surface area contributed by atoms with Crippen LogP contribution in [-0.2, 0) is 4.79 Å². The number of aromatic nitrogens is 1. The van der Waals surface area contributed by atoms with Crippen LogP contribution in [0.2, 0.25) is 0 Å². The molecule has 1 saturated heterocycles. The van der Waals surface area contributed by atoms with Crippen LogP contribution in [0.4, 0.5) is 5.69 Å². The predicted molar refractivity (Wildman–Crippen MR) is 70.2 cm³/mol. The number of anilines is 1. The summed E-state index contributed by atoms with van der Waals surface area (Å²) < 4.78 is 0. The van der Waals surface area contributed by atoms with Crippen molar-refractivity contribution in [3.8, 4) is 0 Å². The summed E-state index contributed by atoms with van der Waals surface area (Å²) in [6.45, 7) is 2.96. The predicted octanol–water partition coefficient (Wildman–Crippen LogP) is 1.72. The minimum atomic E-state index is -0.00920. The average Bonchev–Trinajstić information content (AvgIpc) is 2.93. The number of hydrogen-bond donors (Lipinski definition) is 2. The lowest BCUT2D eigenvalue weighted by atomic mass is 9.93. The van der Waals surface area contributed by atoms with Crippen molar-refractivity contribution >= 4 is 11.6 Å². The van der Waals surface area contributed by atoms with Gasteiger partial charge in [-0.3, -0.25) is 9.78 Å². The second-order valence-corrected chi connectivity index (χ2v) is 5.42. The van der Waals surface area contributed by atoms with Gasteiger partial charge in [0.2, 0.25) is 5.91 Å². The molecule has 1 aliphatic carbocycles. The Balaban J connectivity index is 1.70. The fourth-order valence-corrected chi connectivity index (χ4v) is 3.30. The molecule has 4 heteroatoms. The standard InChI is InChI=1S/C14H19N3O/c1-9-7-15-6-5-12(9)17-14(18)13-11-4-2-3-10(11)8-16-13/h5-7,10-11,13,16H,2-4,8H2,1H3,(H,15,17,18). The molecule has 4 nitrogen and oxygen atoms in total. The lowest BCUT2D eigenvalue weighted by molar-refractivity contribution is -0.118. The molecule has 1 aliphatic heterocycles. The number of carbonyl (C=O) groups excluding carboxylic acids is 1. The van der Waals surface area contributed by atoms with Crippen LogP contribution in [0.3, 0.4) is 0 Å². The molecule has 0 radical (unpaired) electrons. The van der Waals surface area contributed by atoms with E-state index in [2.05, 4.69) is 15.6 Å². The first-order valence-electron chi connectivity index (χ1n) is 6.70. The van der Waals surface area contributed by atoms with Crippen molar-refractivity contribution in [1.29, 1.82) is 0 Å². The molecule has 2 fully saturated rings. The number of fused-ring (bicyclic) bond motifs is 1. The number of carbonyl (C=O) groups is 1. The monoisotopic (exact) mass is 245 g/mol. The number of aryl methyl sites for hydroxylation is 1. The largest absolute Gasteiger partial charge is 0.324 e. The Morgan fingerprint density at radius 3 is 3.22 bits per heavy atom. The molecule has 96 valence electrons. The number of rotatable bonds is 2. The highest BCUT2D eigenvalue weighted by atomic mass is 16.2. The molecule has 3 atom stereocenters. The molecule has 1 aromatic rings.